The van der Waals surface area contributed by atoms with E-state index in [1.54, 1.807) is 0 Å². The minimum Gasteiger partial charge on any atom is -0.345 e. The summed E-state index contributed by atoms with van der Waals surface area (Å²) in [7, 11) is 0. The fourth-order valence-electron chi connectivity index (χ4n) is 3.09. The zero-order valence-electron chi connectivity index (χ0n) is 13.4. The molecule has 6 nitrogen and oxygen atoms in total. The average molecular weight is 323 g/mol. The standard InChI is InChI=1S/C15H25N5OS/c1-3-5-12-10-13(12)17-14(21)19-6-4-7-20(9-8-19)15-16-11(2)18-22-15/h12-13H,3-10H2,1-2H3,(H,17,21)/t12-,13+/m0/s1. The zero-order chi connectivity index (χ0) is 15.5. The zero-order valence-corrected chi connectivity index (χ0v) is 14.2. The van der Waals surface area contributed by atoms with Crippen LogP contribution in [0.4, 0.5) is 9.93 Å². The van der Waals surface area contributed by atoms with Crippen molar-refractivity contribution in [2.45, 2.75) is 45.6 Å². The molecule has 22 heavy (non-hydrogen) atoms. The van der Waals surface area contributed by atoms with Crippen LogP contribution in [-0.4, -0.2) is 52.5 Å². The molecule has 7 heteroatoms. The van der Waals surface area contributed by atoms with Crippen molar-refractivity contribution in [2.24, 2.45) is 5.92 Å². The van der Waals surface area contributed by atoms with Crippen molar-refractivity contribution in [2.75, 3.05) is 31.1 Å². The molecule has 1 saturated heterocycles. The van der Waals surface area contributed by atoms with Crippen molar-refractivity contribution < 1.29 is 4.79 Å². The van der Waals surface area contributed by atoms with Crippen molar-refractivity contribution >= 4 is 22.7 Å². The van der Waals surface area contributed by atoms with Gasteiger partial charge in [-0.15, -0.1) is 0 Å². The number of aryl methyl sites for hydroxylation is 1. The summed E-state index contributed by atoms with van der Waals surface area (Å²) in [5.74, 6) is 1.54. The molecule has 0 radical (unpaired) electrons. The fraction of sp³-hybridized carbons (Fsp3) is 0.800. The van der Waals surface area contributed by atoms with E-state index in [9.17, 15) is 4.79 Å². The minimum atomic E-state index is 0.110. The van der Waals surface area contributed by atoms with Crippen LogP contribution in [0.5, 0.6) is 0 Å². The molecule has 0 unspecified atom stereocenters. The van der Waals surface area contributed by atoms with Gasteiger partial charge in [-0.25, -0.2) is 9.78 Å². The number of rotatable bonds is 4. The largest absolute Gasteiger partial charge is 0.345 e. The molecule has 2 atom stereocenters. The molecule has 122 valence electrons. The number of hydrogen-bond acceptors (Lipinski definition) is 5. The highest BCUT2D eigenvalue weighted by Crippen LogP contribution is 2.34. The van der Waals surface area contributed by atoms with Gasteiger partial charge in [-0.3, -0.25) is 0 Å². The average Bonchev–Trinajstić information content (AvgIpc) is 3.15. The molecule has 1 aliphatic carbocycles. The van der Waals surface area contributed by atoms with Gasteiger partial charge in [-0.05, 0) is 32.1 Å². The summed E-state index contributed by atoms with van der Waals surface area (Å²) in [4.78, 5) is 21.0. The number of urea groups is 1. The van der Waals surface area contributed by atoms with Crippen LogP contribution in [0.2, 0.25) is 0 Å². The third-order valence-electron chi connectivity index (χ3n) is 4.46. The lowest BCUT2D eigenvalue weighted by atomic mass is 10.2. The monoisotopic (exact) mass is 323 g/mol. The van der Waals surface area contributed by atoms with Gasteiger partial charge in [0.15, 0.2) is 0 Å². The predicted molar refractivity (Wildman–Crippen MR) is 88.4 cm³/mol. The van der Waals surface area contributed by atoms with E-state index < -0.39 is 0 Å². The Morgan fingerprint density at radius 2 is 2.23 bits per heavy atom. The van der Waals surface area contributed by atoms with Crippen LogP contribution in [-0.2, 0) is 0 Å². The van der Waals surface area contributed by atoms with Crippen molar-refractivity contribution in [1.82, 2.24) is 19.6 Å². The molecule has 2 amide bonds. The van der Waals surface area contributed by atoms with Crippen LogP contribution in [0.1, 0.15) is 38.4 Å². The molecule has 2 aliphatic rings. The predicted octanol–water partition coefficient (Wildman–Crippen LogP) is 2.26. The molecule has 1 aromatic rings. The van der Waals surface area contributed by atoms with Crippen LogP contribution in [0.15, 0.2) is 0 Å². The van der Waals surface area contributed by atoms with Crippen molar-refractivity contribution in [1.29, 1.82) is 0 Å². The number of hydrogen-bond donors (Lipinski definition) is 1. The first kappa shape index (κ1) is 15.5. The van der Waals surface area contributed by atoms with Crippen LogP contribution >= 0.6 is 11.5 Å². The second-order valence-electron chi connectivity index (χ2n) is 6.29. The highest BCUT2D eigenvalue weighted by molar-refractivity contribution is 7.09. The van der Waals surface area contributed by atoms with Crippen LogP contribution in [0.3, 0.4) is 0 Å². The number of carbonyl (C=O) groups excluding carboxylic acids is 1. The minimum absolute atomic E-state index is 0.110. The second kappa shape index (κ2) is 6.81. The van der Waals surface area contributed by atoms with Gasteiger partial charge in [0.05, 0.1) is 0 Å². The normalized spacial score (nSPS) is 25.0. The maximum absolute atomic E-state index is 12.4. The van der Waals surface area contributed by atoms with Gasteiger partial charge in [0.1, 0.15) is 5.82 Å². The molecule has 2 fully saturated rings. The quantitative estimate of drug-likeness (QED) is 0.923. The SMILES string of the molecule is CCC[C@H]1C[C@H]1NC(=O)N1CCCN(c2nc(C)ns2)CC1. The maximum Gasteiger partial charge on any atom is 0.317 e. The number of anilines is 1. The molecule has 0 spiro atoms. The third kappa shape index (κ3) is 3.69. The van der Waals surface area contributed by atoms with Gasteiger partial charge in [0.2, 0.25) is 5.13 Å². The first-order chi connectivity index (χ1) is 10.7. The Kier molecular flexibility index (Phi) is 4.81. The fourth-order valence-corrected chi connectivity index (χ4v) is 3.82. The molecule has 1 aromatic heterocycles. The maximum atomic E-state index is 12.4. The summed E-state index contributed by atoms with van der Waals surface area (Å²) in [5.41, 5.74) is 0. The highest BCUT2D eigenvalue weighted by atomic mass is 32.1. The number of nitrogens with one attached hydrogen (secondary N) is 1. The van der Waals surface area contributed by atoms with E-state index in [4.69, 9.17) is 0 Å². The van der Waals surface area contributed by atoms with Gasteiger partial charge < -0.3 is 15.1 Å². The Morgan fingerprint density at radius 1 is 1.36 bits per heavy atom. The first-order valence-corrected chi connectivity index (χ1v) is 9.05. The van der Waals surface area contributed by atoms with Crippen molar-refractivity contribution in [3.8, 4) is 0 Å². The summed E-state index contributed by atoms with van der Waals surface area (Å²) >= 11 is 1.45. The van der Waals surface area contributed by atoms with E-state index in [-0.39, 0.29) is 6.03 Å². The van der Waals surface area contributed by atoms with Gasteiger partial charge in [0, 0.05) is 43.8 Å². The molecule has 0 bridgehead atoms. The molecule has 1 aliphatic heterocycles. The molecule has 2 heterocycles. The van der Waals surface area contributed by atoms with Gasteiger partial charge >= 0.3 is 6.03 Å². The van der Waals surface area contributed by atoms with Gasteiger partial charge in [-0.2, -0.15) is 4.37 Å². The van der Waals surface area contributed by atoms with Gasteiger partial charge in [0.25, 0.3) is 0 Å². The van der Waals surface area contributed by atoms with E-state index in [0.717, 1.165) is 50.0 Å². The molecule has 3 rings (SSSR count). The van der Waals surface area contributed by atoms with Crippen molar-refractivity contribution in [3.05, 3.63) is 5.82 Å². The van der Waals surface area contributed by atoms with Crippen molar-refractivity contribution in [3.63, 3.8) is 0 Å². The van der Waals surface area contributed by atoms with E-state index >= 15 is 0 Å². The Balaban J connectivity index is 1.49. The Labute approximate surface area is 136 Å². The summed E-state index contributed by atoms with van der Waals surface area (Å²) < 4.78 is 4.25. The van der Waals surface area contributed by atoms with Crippen LogP contribution in [0, 0.1) is 12.8 Å². The lowest BCUT2D eigenvalue weighted by Crippen LogP contribution is -2.43. The third-order valence-corrected chi connectivity index (χ3v) is 5.33. The molecule has 1 saturated carbocycles. The number of carbonyl (C=O) groups is 1. The molecular formula is C15H25N5OS. The summed E-state index contributed by atoms with van der Waals surface area (Å²) in [6.45, 7) is 7.49. The Morgan fingerprint density at radius 3 is 2.95 bits per heavy atom. The first-order valence-electron chi connectivity index (χ1n) is 8.28. The Hall–Kier alpha value is -1.37. The lowest BCUT2D eigenvalue weighted by molar-refractivity contribution is 0.200. The summed E-state index contributed by atoms with van der Waals surface area (Å²) in [6.07, 6.45) is 4.57. The van der Waals surface area contributed by atoms with E-state index in [1.807, 2.05) is 11.8 Å². The number of nitrogens with zero attached hydrogens (tertiary/aromatic N) is 4. The van der Waals surface area contributed by atoms with Crippen LogP contribution < -0.4 is 10.2 Å². The van der Waals surface area contributed by atoms with E-state index in [1.165, 1.54) is 24.4 Å². The topological polar surface area (TPSA) is 61.4 Å². The van der Waals surface area contributed by atoms with Gasteiger partial charge in [-0.1, -0.05) is 13.3 Å². The molecule has 0 aromatic carbocycles. The summed E-state index contributed by atoms with van der Waals surface area (Å²) in [5, 5.41) is 4.16. The smallest absolute Gasteiger partial charge is 0.317 e. The highest BCUT2D eigenvalue weighted by Gasteiger charge is 2.38. The lowest BCUT2D eigenvalue weighted by Gasteiger charge is -2.22. The molecular weight excluding hydrogens is 298 g/mol. The summed E-state index contributed by atoms with van der Waals surface area (Å²) in [6, 6.07) is 0.525. The number of amides is 2. The van der Waals surface area contributed by atoms with E-state index in [2.05, 4.69) is 26.5 Å². The van der Waals surface area contributed by atoms with Crippen LogP contribution in [0.25, 0.3) is 0 Å². The molecule has 1 N–H and O–H groups in total. The van der Waals surface area contributed by atoms with E-state index in [0.29, 0.717) is 12.0 Å². The Bertz CT molecular complexity index is 520. The second-order valence-corrected chi connectivity index (χ2v) is 7.02. The number of aromatic nitrogens is 2.